The maximum atomic E-state index is 13.5. The first-order chi connectivity index (χ1) is 14.9. The predicted molar refractivity (Wildman–Crippen MR) is 121 cm³/mol. The maximum absolute atomic E-state index is 13.5. The number of aromatic nitrogens is 2. The fraction of sp³-hybridized carbons (Fsp3) is 0.240. The van der Waals surface area contributed by atoms with Crippen LogP contribution in [0.3, 0.4) is 0 Å². The van der Waals surface area contributed by atoms with Gasteiger partial charge in [-0.1, -0.05) is 62.4 Å². The molecular weight excluding hydrogens is 390 g/mol. The Hall–Kier alpha value is -3.67. The van der Waals surface area contributed by atoms with Crippen molar-refractivity contribution in [3.63, 3.8) is 0 Å². The maximum Gasteiger partial charge on any atom is 0.329 e. The number of fused-ring (bicyclic) bond motifs is 3. The van der Waals surface area contributed by atoms with E-state index in [1.807, 2.05) is 49.4 Å². The van der Waals surface area contributed by atoms with Crippen LogP contribution in [0.25, 0.3) is 5.70 Å². The second kappa shape index (κ2) is 6.94. The number of aromatic amines is 1. The van der Waals surface area contributed by atoms with Gasteiger partial charge >= 0.3 is 5.69 Å². The third-order valence-corrected chi connectivity index (χ3v) is 6.26. The molecule has 2 aromatic carbocycles. The first-order valence-electron chi connectivity index (χ1n) is 10.5. The summed E-state index contributed by atoms with van der Waals surface area (Å²) in [6.07, 6.45) is 0. The van der Waals surface area contributed by atoms with Gasteiger partial charge in [-0.15, -0.1) is 0 Å². The third-order valence-electron chi connectivity index (χ3n) is 6.26. The summed E-state index contributed by atoms with van der Waals surface area (Å²) in [6.45, 7) is 6.49. The number of Topliss-reactive ketones (excluding diaryl/α,β-unsaturated/α-hetero) is 1. The van der Waals surface area contributed by atoms with Gasteiger partial charge in [0.05, 0.1) is 11.3 Å². The van der Waals surface area contributed by atoms with E-state index in [4.69, 9.17) is 0 Å². The Bertz CT molecular complexity index is 1370. The number of H-pyrrole nitrogens is 1. The average Bonchev–Trinajstić information content (AvgIpc) is 3.05. The molecule has 2 aliphatic rings. The van der Waals surface area contributed by atoms with E-state index in [0.29, 0.717) is 40.7 Å². The van der Waals surface area contributed by atoms with Crippen molar-refractivity contribution in [1.29, 1.82) is 0 Å². The number of hydrogen-bond acceptors (Lipinski definition) is 4. The van der Waals surface area contributed by atoms with Gasteiger partial charge in [-0.3, -0.25) is 19.1 Å². The lowest BCUT2D eigenvalue weighted by atomic mass is 9.81. The topological polar surface area (TPSA) is 84.0 Å². The van der Waals surface area contributed by atoms with Crippen LogP contribution in [0.5, 0.6) is 0 Å². The average molecular weight is 413 g/mol. The number of nitrogens with one attached hydrogen (secondary N) is 2. The molecule has 0 bridgehead atoms. The molecule has 31 heavy (non-hydrogen) atoms. The molecule has 1 atom stereocenters. The monoisotopic (exact) mass is 413 g/mol. The van der Waals surface area contributed by atoms with Crippen molar-refractivity contribution in [3.8, 4) is 0 Å². The Morgan fingerprint density at radius 2 is 1.65 bits per heavy atom. The van der Waals surface area contributed by atoms with Crippen molar-refractivity contribution in [2.75, 3.05) is 5.32 Å². The molecule has 2 N–H and O–H groups in total. The first-order valence-corrected chi connectivity index (χ1v) is 10.5. The molecule has 1 aliphatic heterocycles. The van der Waals surface area contributed by atoms with E-state index >= 15 is 0 Å². The van der Waals surface area contributed by atoms with Crippen LogP contribution in [0.1, 0.15) is 65.2 Å². The van der Waals surface area contributed by atoms with E-state index in [0.717, 1.165) is 11.1 Å². The van der Waals surface area contributed by atoms with E-state index < -0.39 is 17.2 Å². The Labute approximate surface area is 179 Å². The van der Waals surface area contributed by atoms with Gasteiger partial charge in [-0.05, 0) is 24.0 Å². The van der Waals surface area contributed by atoms with E-state index in [1.54, 1.807) is 6.07 Å². The summed E-state index contributed by atoms with van der Waals surface area (Å²) in [5.74, 6) is 0.178. The van der Waals surface area contributed by atoms with E-state index in [1.165, 1.54) is 10.1 Å². The van der Waals surface area contributed by atoms with Gasteiger partial charge in [-0.2, -0.15) is 0 Å². The van der Waals surface area contributed by atoms with E-state index in [2.05, 4.69) is 24.1 Å². The fourth-order valence-electron chi connectivity index (χ4n) is 4.67. The summed E-state index contributed by atoms with van der Waals surface area (Å²) in [4.78, 5) is 41.4. The molecule has 0 saturated carbocycles. The lowest BCUT2D eigenvalue weighted by Gasteiger charge is -2.29. The minimum Gasteiger partial charge on any atom is -0.340 e. The molecular formula is C25H23N3O3. The highest BCUT2D eigenvalue weighted by atomic mass is 16.2. The van der Waals surface area contributed by atoms with Crippen LogP contribution < -0.4 is 16.6 Å². The normalized spacial score (nSPS) is 16.8. The molecule has 2 heterocycles. The second-order valence-corrected chi connectivity index (χ2v) is 8.31. The van der Waals surface area contributed by atoms with Crippen LogP contribution in [-0.4, -0.2) is 15.3 Å². The molecule has 0 amide bonds. The molecule has 5 rings (SSSR count). The molecule has 0 radical (unpaired) electrons. The smallest absolute Gasteiger partial charge is 0.329 e. The zero-order valence-electron chi connectivity index (χ0n) is 17.7. The molecule has 1 aliphatic carbocycles. The predicted octanol–water partition coefficient (Wildman–Crippen LogP) is 3.84. The largest absolute Gasteiger partial charge is 0.340 e. The van der Waals surface area contributed by atoms with Gasteiger partial charge < -0.3 is 5.32 Å². The van der Waals surface area contributed by atoms with Crippen LogP contribution in [-0.2, 0) is 6.54 Å². The number of carbonyl (C=O) groups excluding carboxylic acids is 1. The molecule has 3 aromatic rings. The number of ketones is 1. The summed E-state index contributed by atoms with van der Waals surface area (Å²) in [5.41, 5.74) is 4.15. The van der Waals surface area contributed by atoms with E-state index in [9.17, 15) is 14.4 Å². The quantitative estimate of drug-likeness (QED) is 0.683. The molecule has 0 spiro atoms. The SMILES string of the molecule is CCn1c2c(c(=O)[nH]c1=O)[C@@H](c1ccc(C(C)C)cc1)C1=C(N2)c2ccccc2C1=O. The molecule has 6 nitrogen and oxygen atoms in total. The minimum absolute atomic E-state index is 0.0877. The molecule has 0 unspecified atom stereocenters. The lowest BCUT2D eigenvalue weighted by molar-refractivity contribution is 0.103. The van der Waals surface area contributed by atoms with Gasteiger partial charge in [0.1, 0.15) is 5.82 Å². The van der Waals surface area contributed by atoms with Crippen LogP contribution >= 0.6 is 0 Å². The number of allylic oxidation sites excluding steroid dienone is 1. The molecule has 0 saturated heterocycles. The van der Waals surface area contributed by atoms with Crippen molar-refractivity contribution in [2.45, 2.75) is 39.2 Å². The van der Waals surface area contributed by atoms with Crippen LogP contribution in [0.15, 0.2) is 63.7 Å². The summed E-state index contributed by atoms with van der Waals surface area (Å²) in [7, 11) is 0. The van der Waals surface area contributed by atoms with Crippen LogP contribution in [0.4, 0.5) is 5.82 Å². The van der Waals surface area contributed by atoms with Gasteiger partial charge in [0.25, 0.3) is 5.56 Å². The first kappa shape index (κ1) is 19.3. The molecule has 0 fully saturated rings. The van der Waals surface area contributed by atoms with Crippen molar-refractivity contribution >= 4 is 17.3 Å². The van der Waals surface area contributed by atoms with Crippen molar-refractivity contribution < 1.29 is 4.79 Å². The number of rotatable bonds is 3. The molecule has 156 valence electrons. The Balaban J connectivity index is 1.82. The zero-order valence-corrected chi connectivity index (χ0v) is 17.7. The number of nitrogens with zero attached hydrogens (tertiary/aromatic N) is 1. The summed E-state index contributed by atoms with van der Waals surface area (Å²) < 4.78 is 1.52. The van der Waals surface area contributed by atoms with Gasteiger partial charge in [0.2, 0.25) is 0 Å². The van der Waals surface area contributed by atoms with E-state index in [-0.39, 0.29) is 5.78 Å². The van der Waals surface area contributed by atoms with Gasteiger partial charge in [-0.25, -0.2) is 4.79 Å². The highest BCUT2D eigenvalue weighted by Crippen LogP contribution is 2.47. The number of hydrogen-bond donors (Lipinski definition) is 2. The van der Waals surface area contributed by atoms with Crippen molar-refractivity contribution in [3.05, 3.63) is 103 Å². The highest BCUT2D eigenvalue weighted by Gasteiger charge is 2.42. The van der Waals surface area contributed by atoms with Gasteiger partial charge in [0, 0.05) is 29.2 Å². The fourth-order valence-corrected chi connectivity index (χ4v) is 4.67. The van der Waals surface area contributed by atoms with Crippen LogP contribution in [0.2, 0.25) is 0 Å². The summed E-state index contributed by atoms with van der Waals surface area (Å²) in [5, 5.41) is 3.28. The lowest BCUT2D eigenvalue weighted by Crippen LogP contribution is -2.38. The summed E-state index contributed by atoms with van der Waals surface area (Å²) >= 11 is 0. The van der Waals surface area contributed by atoms with Crippen molar-refractivity contribution in [1.82, 2.24) is 9.55 Å². The Morgan fingerprint density at radius 1 is 0.968 bits per heavy atom. The highest BCUT2D eigenvalue weighted by molar-refractivity contribution is 6.23. The zero-order chi connectivity index (χ0) is 21.9. The molecule has 1 aromatic heterocycles. The Kier molecular flexibility index (Phi) is 4.32. The number of anilines is 1. The molecule has 6 heteroatoms. The number of benzene rings is 2. The summed E-state index contributed by atoms with van der Waals surface area (Å²) in [6, 6.07) is 15.5. The standard InChI is InChI=1S/C25H23N3O3/c1-4-28-23-20(24(30)27-25(28)31)18(15-11-9-14(10-12-15)13(2)3)19-21(26-23)16-7-5-6-8-17(16)22(19)29/h5-13,18,26H,4H2,1-3H3,(H,27,30,31)/t18-/m0/s1. The Morgan fingerprint density at radius 3 is 2.29 bits per heavy atom. The van der Waals surface area contributed by atoms with Crippen molar-refractivity contribution in [2.24, 2.45) is 0 Å². The minimum atomic E-state index is -0.561. The second-order valence-electron chi connectivity index (χ2n) is 8.31. The van der Waals surface area contributed by atoms with Crippen LogP contribution in [0, 0.1) is 0 Å². The number of carbonyl (C=O) groups is 1. The third kappa shape index (κ3) is 2.75. The van der Waals surface area contributed by atoms with Gasteiger partial charge in [0.15, 0.2) is 5.78 Å².